The maximum Gasteiger partial charge on any atom is 0.336 e. The van der Waals surface area contributed by atoms with Gasteiger partial charge in [-0.05, 0) is 48.9 Å². The summed E-state index contributed by atoms with van der Waals surface area (Å²) in [7, 11) is 0. The van der Waals surface area contributed by atoms with Gasteiger partial charge in [0.25, 0.3) is 0 Å². The zero-order chi connectivity index (χ0) is 23.1. The summed E-state index contributed by atoms with van der Waals surface area (Å²) in [6, 6.07) is 15.2. The molecule has 170 valence electrons. The summed E-state index contributed by atoms with van der Waals surface area (Å²) in [5.41, 5.74) is 5.08. The van der Waals surface area contributed by atoms with Crippen molar-refractivity contribution in [3.05, 3.63) is 81.5 Å². The Morgan fingerprint density at radius 3 is 2.41 bits per heavy atom. The second-order valence-corrected chi connectivity index (χ2v) is 8.52. The predicted molar refractivity (Wildman–Crippen MR) is 130 cm³/mol. The molecule has 0 radical (unpaired) electrons. The van der Waals surface area contributed by atoms with Crippen LogP contribution in [0, 0.1) is 0 Å². The fraction of sp³-hybridized carbons (Fsp3) is 0.407. The van der Waals surface area contributed by atoms with E-state index in [0.29, 0.717) is 17.5 Å². The van der Waals surface area contributed by atoms with Crippen LogP contribution in [0.5, 0.6) is 0 Å². The first-order valence-corrected chi connectivity index (χ1v) is 11.7. The van der Waals surface area contributed by atoms with Gasteiger partial charge in [-0.25, -0.2) is 9.59 Å². The molecule has 0 amide bonds. The predicted octanol–water partition coefficient (Wildman–Crippen LogP) is 6.23. The molecule has 5 heteroatoms. The molecule has 2 N–H and O–H groups in total. The van der Waals surface area contributed by atoms with Crippen LogP contribution in [-0.4, -0.2) is 20.6 Å². The molecule has 3 rings (SSSR count). The number of carbonyl (C=O) groups is 1. The minimum Gasteiger partial charge on any atom is -0.478 e. The minimum absolute atomic E-state index is 0.0214. The third kappa shape index (κ3) is 5.39. The number of H-pyrrole nitrogens is 1. The molecule has 1 aromatic heterocycles. The number of hydrogen-bond acceptors (Lipinski definition) is 2. The van der Waals surface area contributed by atoms with Crippen molar-refractivity contribution in [2.45, 2.75) is 71.8 Å². The molecule has 5 nitrogen and oxygen atoms in total. The lowest BCUT2D eigenvalue weighted by atomic mass is 9.97. The van der Waals surface area contributed by atoms with Crippen molar-refractivity contribution >= 4 is 5.97 Å². The Bertz CT molecular complexity index is 1090. The summed E-state index contributed by atoms with van der Waals surface area (Å²) in [4.78, 5) is 27.4. The Morgan fingerprint density at radius 1 is 1.03 bits per heavy atom. The summed E-state index contributed by atoms with van der Waals surface area (Å²) in [6.45, 7) is 6.39. The fourth-order valence-corrected chi connectivity index (χ4v) is 4.22. The van der Waals surface area contributed by atoms with Crippen molar-refractivity contribution in [3.8, 4) is 11.1 Å². The van der Waals surface area contributed by atoms with Gasteiger partial charge in [0.05, 0.1) is 5.56 Å². The molecule has 1 heterocycles. The normalized spacial score (nSPS) is 12.1. The molecule has 0 fully saturated rings. The van der Waals surface area contributed by atoms with Crippen molar-refractivity contribution in [1.29, 1.82) is 0 Å². The highest BCUT2D eigenvalue weighted by Crippen LogP contribution is 2.26. The number of aromatic amines is 1. The van der Waals surface area contributed by atoms with E-state index in [4.69, 9.17) is 0 Å². The Kier molecular flexibility index (Phi) is 8.09. The molecule has 0 aliphatic heterocycles. The van der Waals surface area contributed by atoms with Gasteiger partial charge in [0.1, 0.15) is 0 Å². The van der Waals surface area contributed by atoms with E-state index in [1.807, 2.05) is 41.0 Å². The molecule has 0 bridgehead atoms. The Hall–Kier alpha value is -3.08. The van der Waals surface area contributed by atoms with E-state index in [1.165, 1.54) is 19.3 Å². The van der Waals surface area contributed by atoms with Crippen molar-refractivity contribution in [2.75, 3.05) is 0 Å². The molecule has 0 saturated heterocycles. The van der Waals surface area contributed by atoms with Crippen molar-refractivity contribution in [3.63, 3.8) is 0 Å². The maximum atomic E-state index is 12.7. The highest BCUT2D eigenvalue weighted by Gasteiger charge is 2.18. The number of rotatable bonds is 11. The van der Waals surface area contributed by atoms with E-state index < -0.39 is 5.97 Å². The summed E-state index contributed by atoms with van der Waals surface area (Å²) < 4.78 is 1.92. The summed E-state index contributed by atoms with van der Waals surface area (Å²) >= 11 is 0. The van der Waals surface area contributed by atoms with Crippen molar-refractivity contribution in [2.24, 2.45) is 0 Å². The molecular weight excluding hydrogens is 400 g/mol. The standard InChI is InChI=1S/C27H34N2O3/c1-4-6-7-8-13-24-25(29(19(3)5-2)27(32)28-24)18-20-14-16-21(17-15-20)22-11-9-10-12-23(22)26(30)31/h9-12,14-17,19H,4-8,13,18H2,1-3H3,(H,28,32)(H,30,31). The van der Waals surface area contributed by atoms with E-state index in [9.17, 15) is 14.7 Å². The van der Waals surface area contributed by atoms with Crippen LogP contribution >= 0.6 is 0 Å². The molecule has 2 aromatic carbocycles. The lowest BCUT2D eigenvalue weighted by Gasteiger charge is -2.15. The number of unbranched alkanes of at least 4 members (excludes halogenated alkanes) is 3. The first-order chi connectivity index (χ1) is 15.5. The number of aryl methyl sites for hydroxylation is 1. The van der Waals surface area contributed by atoms with Crippen molar-refractivity contribution in [1.82, 2.24) is 9.55 Å². The molecule has 0 aliphatic rings. The Balaban J connectivity index is 1.89. The van der Waals surface area contributed by atoms with Gasteiger partial charge in [-0.1, -0.05) is 75.6 Å². The summed E-state index contributed by atoms with van der Waals surface area (Å²) in [5, 5.41) is 9.48. The van der Waals surface area contributed by atoms with Crippen LogP contribution in [0.1, 0.15) is 86.2 Å². The first-order valence-electron chi connectivity index (χ1n) is 11.7. The average molecular weight is 435 g/mol. The molecule has 1 unspecified atom stereocenters. The highest BCUT2D eigenvalue weighted by molar-refractivity contribution is 5.95. The maximum absolute atomic E-state index is 12.7. The molecule has 0 spiro atoms. The number of carboxylic acid groups (broad SMARTS) is 1. The van der Waals surface area contributed by atoms with Gasteiger partial charge < -0.3 is 10.1 Å². The van der Waals surface area contributed by atoms with Crippen LogP contribution in [0.25, 0.3) is 11.1 Å². The Morgan fingerprint density at radius 2 is 1.75 bits per heavy atom. The van der Waals surface area contributed by atoms with Gasteiger partial charge in [0, 0.05) is 23.9 Å². The smallest absolute Gasteiger partial charge is 0.336 e. The Labute approximate surface area is 190 Å². The number of nitrogens with zero attached hydrogens (tertiary/aromatic N) is 1. The number of aromatic nitrogens is 2. The number of imidazole rings is 1. The van der Waals surface area contributed by atoms with Crippen LogP contribution in [0.3, 0.4) is 0 Å². The van der Waals surface area contributed by atoms with Gasteiger partial charge in [-0.2, -0.15) is 0 Å². The van der Waals surface area contributed by atoms with Crippen LogP contribution in [-0.2, 0) is 12.8 Å². The molecule has 1 atom stereocenters. The molecule has 3 aromatic rings. The number of carboxylic acids is 1. The average Bonchev–Trinajstić information content (AvgIpc) is 3.11. The highest BCUT2D eigenvalue weighted by atomic mass is 16.4. The minimum atomic E-state index is -0.928. The number of nitrogens with one attached hydrogen (secondary N) is 1. The van der Waals surface area contributed by atoms with Crippen LogP contribution < -0.4 is 5.69 Å². The third-order valence-corrected chi connectivity index (χ3v) is 6.22. The first kappa shape index (κ1) is 23.6. The number of hydrogen-bond donors (Lipinski definition) is 2. The molecular formula is C27H34N2O3. The summed E-state index contributed by atoms with van der Waals surface area (Å²) in [6.07, 6.45) is 7.10. The van der Waals surface area contributed by atoms with Crippen molar-refractivity contribution < 1.29 is 9.90 Å². The SMILES string of the molecule is CCCCCCc1[nH]c(=O)n(C(C)CC)c1Cc1ccc(-c2ccccc2C(=O)O)cc1. The largest absolute Gasteiger partial charge is 0.478 e. The monoisotopic (exact) mass is 434 g/mol. The molecule has 0 aliphatic carbocycles. The summed E-state index contributed by atoms with van der Waals surface area (Å²) in [5.74, 6) is -0.928. The van der Waals surface area contributed by atoms with Crippen LogP contribution in [0.4, 0.5) is 0 Å². The van der Waals surface area contributed by atoms with E-state index in [0.717, 1.165) is 41.8 Å². The third-order valence-electron chi connectivity index (χ3n) is 6.22. The fourth-order valence-electron chi connectivity index (χ4n) is 4.22. The van der Waals surface area contributed by atoms with Crippen LogP contribution in [0.2, 0.25) is 0 Å². The van der Waals surface area contributed by atoms with E-state index in [1.54, 1.807) is 12.1 Å². The van der Waals surface area contributed by atoms with E-state index >= 15 is 0 Å². The lowest BCUT2D eigenvalue weighted by molar-refractivity contribution is 0.0697. The zero-order valence-corrected chi connectivity index (χ0v) is 19.4. The quantitative estimate of drug-likeness (QED) is 0.351. The van der Waals surface area contributed by atoms with Gasteiger partial charge in [-0.3, -0.25) is 4.57 Å². The zero-order valence-electron chi connectivity index (χ0n) is 19.4. The van der Waals surface area contributed by atoms with Gasteiger partial charge in [0.2, 0.25) is 0 Å². The second-order valence-electron chi connectivity index (χ2n) is 8.52. The molecule has 32 heavy (non-hydrogen) atoms. The van der Waals surface area contributed by atoms with Gasteiger partial charge >= 0.3 is 11.7 Å². The number of benzene rings is 2. The topological polar surface area (TPSA) is 75.1 Å². The second kappa shape index (κ2) is 11.0. The van der Waals surface area contributed by atoms with Gasteiger partial charge in [0.15, 0.2) is 0 Å². The van der Waals surface area contributed by atoms with Crippen LogP contribution in [0.15, 0.2) is 53.3 Å². The number of aromatic carboxylic acids is 1. The van der Waals surface area contributed by atoms with E-state index in [-0.39, 0.29) is 11.7 Å². The lowest BCUT2D eigenvalue weighted by Crippen LogP contribution is -2.22. The van der Waals surface area contributed by atoms with E-state index in [2.05, 4.69) is 25.8 Å². The molecule has 0 saturated carbocycles. The van der Waals surface area contributed by atoms with Gasteiger partial charge in [-0.15, -0.1) is 0 Å².